The van der Waals surface area contributed by atoms with Crippen LogP contribution in [0.4, 0.5) is 4.79 Å². The molecule has 2 atom stereocenters. The minimum absolute atomic E-state index is 0.0462. The minimum atomic E-state index is 0.0462. The van der Waals surface area contributed by atoms with Crippen molar-refractivity contribution < 1.29 is 9.53 Å². The number of nitrogens with one attached hydrogen (secondary N) is 1. The summed E-state index contributed by atoms with van der Waals surface area (Å²) in [7, 11) is 2.19. The fourth-order valence-corrected chi connectivity index (χ4v) is 3.08. The van der Waals surface area contributed by atoms with E-state index in [0.29, 0.717) is 31.8 Å². The molecule has 0 saturated carbocycles. The summed E-state index contributed by atoms with van der Waals surface area (Å²) in [5.74, 6) is 0. The molecule has 2 aliphatic heterocycles. The number of carbonyl (C=O) groups excluding carboxylic acids is 1. The van der Waals surface area contributed by atoms with Crippen molar-refractivity contribution in [3.63, 3.8) is 0 Å². The smallest absolute Gasteiger partial charge is 0.317 e. The van der Waals surface area contributed by atoms with Gasteiger partial charge in [0.1, 0.15) is 0 Å². The van der Waals surface area contributed by atoms with Gasteiger partial charge in [0.25, 0.3) is 0 Å². The van der Waals surface area contributed by atoms with Gasteiger partial charge in [0.05, 0.1) is 13.2 Å². The maximum absolute atomic E-state index is 12.2. The molecule has 0 aromatic rings. The van der Waals surface area contributed by atoms with Crippen LogP contribution in [0.1, 0.15) is 26.2 Å². The molecule has 114 valence electrons. The molecule has 20 heavy (non-hydrogen) atoms. The van der Waals surface area contributed by atoms with Crippen LogP contribution in [0.5, 0.6) is 0 Å². The number of carbonyl (C=O) groups is 1. The van der Waals surface area contributed by atoms with E-state index in [0.717, 1.165) is 25.1 Å². The van der Waals surface area contributed by atoms with E-state index in [1.54, 1.807) is 0 Å². The second-order valence-corrected chi connectivity index (χ2v) is 6.03. The van der Waals surface area contributed by atoms with E-state index in [1.807, 2.05) is 11.8 Å². The summed E-state index contributed by atoms with van der Waals surface area (Å²) < 4.78 is 5.38. The first-order chi connectivity index (χ1) is 9.58. The number of likely N-dealkylation sites (tertiary alicyclic amines) is 1. The lowest BCUT2D eigenvalue weighted by atomic mass is 10.1. The molecule has 2 heterocycles. The van der Waals surface area contributed by atoms with Gasteiger partial charge in [-0.1, -0.05) is 12.2 Å². The van der Waals surface area contributed by atoms with E-state index in [2.05, 4.69) is 23.8 Å². The molecule has 0 aromatic heterocycles. The average Bonchev–Trinajstić information content (AvgIpc) is 2.62. The lowest BCUT2D eigenvalue weighted by Crippen LogP contribution is -2.45. The highest BCUT2D eigenvalue weighted by Crippen LogP contribution is 2.28. The number of rotatable bonds is 5. The van der Waals surface area contributed by atoms with Crippen molar-refractivity contribution in [3.8, 4) is 0 Å². The van der Waals surface area contributed by atoms with Gasteiger partial charge in [0.2, 0.25) is 0 Å². The van der Waals surface area contributed by atoms with Crippen LogP contribution in [0, 0.1) is 0 Å². The van der Waals surface area contributed by atoms with E-state index in [-0.39, 0.29) is 6.03 Å². The molecule has 2 rings (SSSR count). The van der Waals surface area contributed by atoms with Gasteiger partial charge < -0.3 is 15.0 Å². The second kappa shape index (κ2) is 7.09. The van der Waals surface area contributed by atoms with E-state index in [1.165, 1.54) is 12.8 Å². The molecule has 0 spiro atoms. The zero-order chi connectivity index (χ0) is 14.5. The van der Waals surface area contributed by atoms with Crippen LogP contribution in [0.3, 0.4) is 0 Å². The molecule has 0 radical (unpaired) electrons. The fourth-order valence-electron chi connectivity index (χ4n) is 3.08. The Morgan fingerprint density at radius 1 is 1.35 bits per heavy atom. The van der Waals surface area contributed by atoms with E-state index in [9.17, 15) is 4.79 Å². The van der Waals surface area contributed by atoms with Crippen LogP contribution in [-0.4, -0.2) is 67.8 Å². The third kappa shape index (κ3) is 3.96. The van der Waals surface area contributed by atoms with Gasteiger partial charge in [0, 0.05) is 31.7 Å². The highest BCUT2D eigenvalue weighted by molar-refractivity contribution is 5.74. The van der Waals surface area contributed by atoms with Gasteiger partial charge in [-0.15, -0.1) is 0 Å². The molecule has 2 amide bonds. The van der Waals surface area contributed by atoms with Crippen molar-refractivity contribution in [2.24, 2.45) is 0 Å². The summed E-state index contributed by atoms with van der Waals surface area (Å²) in [6.45, 7) is 9.09. The van der Waals surface area contributed by atoms with Crippen LogP contribution < -0.4 is 5.32 Å². The molecule has 2 unspecified atom stereocenters. The molecule has 2 aliphatic rings. The number of fused-ring (bicyclic) bond motifs is 2. The largest absolute Gasteiger partial charge is 0.375 e. The summed E-state index contributed by atoms with van der Waals surface area (Å²) >= 11 is 0. The fraction of sp³-hybridized carbons (Fsp3) is 0.800. The van der Waals surface area contributed by atoms with Crippen molar-refractivity contribution >= 4 is 6.03 Å². The quantitative estimate of drug-likeness (QED) is 0.613. The summed E-state index contributed by atoms with van der Waals surface area (Å²) in [6, 6.07) is 1.24. The number of likely N-dealkylation sites (N-methyl/N-ethyl adjacent to an activating group) is 1. The lowest BCUT2D eigenvalue weighted by molar-refractivity contribution is 0.151. The average molecular weight is 281 g/mol. The van der Waals surface area contributed by atoms with Gasteiger partial charge in [-0.3, -0.25) is 4.90 Å². The molecule has 2 saturated heterocycles. The number of urea groups is 1. The highest BCUT2D eigenvalue weighted by Gasteiger charge is 2.35. The van der Waals surface area contributed by atoms with Crippen LogP contribution in [-0.2, 0) is 4.74 Å². The first-order valence-electron chi connectivity index (χ1n) is 7.54. The lowest BCUT2D eigenvalue weighted by Gasteiger charge is -2.26. The topological polar surface area (TPSA) is 44.8 Å². The summed E-state index contributed by atoms with van der Waals surface area (Å²) in [6.07, 6.45) is 3.59. The molecule has 0 aromatic carbocycles. The Morgan fingerprint density at radius 2 is 2.10 bits per heavy atom. The van der Waals surface area contributed by atoms with Gasteiger partial charge in [-0.2, -0.15) is 0 Å². The molecular formula is C15H27N3O2. The molecule has 0 aliphatic carbocycles. The zero-order valence-electron chi connectivity index (χ0n) is 12.7. The second-order valence-electron chi connectivity index (χ2n) is 6.03. The van der Waals surface area contributed by atoms with Crippen molar-refractivity contribution in [1.29, 1.82) is 0 Å². The molecule has 2 fully saturated rings. The number of nitrogens with zero attached hydrogens (tertiary/aromatic N) is 2. The maximum Gasteiger partial charge on any atom is 0.317 e. The molecule has 5 heteroatoms. The number of ether oxygens (including phenoxy) is 1. The van der Waals surface area contributed by atoms with E-state index >= 15 is 0 Å². The SMILES string of the molecule is C=C(C)COCCNC(=O)N1CCC2CCC(C1)N2C. The van der Waals surface area contributed by atoms with Crippen LogP contribution in [0.25, 0.3) is 0 Å². The van der Waals surface area contributed by atoms with Crippen molar-refractivity contribution in [1.82, 2.24) is 15.1 Å². The Balaban J connectivity index is 1.69. The third-order valence-corrected chi connectivity index (χ3v) is 4.31. The predicted molar refractivity (Wildman–Crippen MR) is 79.8 cm³/mol. The first-order valence-corrected chi connectivity index (χ1v) is 7.54. The summed E-state index contributed by atoms with van der Waals surface area (Å²) in [4.78, 5) is 16.6. The Labute approximate surface area is 121 Å². The molecule has 2 bridgehead atoms. The number of hydrogen-bond acceptors (Lipinski definition) is 3. The Bertz CT molecular complexity index is 359. The minimum Gasteiger partial charge on any atom is -0.375 e. The maximum atomic E-state index is 12.2. The van der Waals surface area contributed by atoms with Gasteiger partial charge in [-0.25, -0.2) is 4.79 Å². The standard InChI is InChI=1S/C15H27N3O2/c1-12(2)11-20-9-7-16-15(19)18-8-6-13-4-5-14(10-18)17(13)3/h13-14H,1,4-11H2,2-3H3,(H,16,19). The van der Waals surface area contributed by atoms with Crippen LogP contribution in [0.15, 0.2) is 12.2 Å². The van der Waals surface area contributed by atoms with E-state index in [4.69, 9.17) is 4.74 Å². The van der Waals surface area contributed by atoms with Gasteiger partial charge in [0.15, 0.2) is 0 Å². The van der Waals surface area contributed by atoms with Crippen LogP contribution in [0.2, 0.25) is 0 Å². The summed E-state index contributed by atoms with van der Waals surface area (Å²) in [5, 5.41) is 2.94. The molecule has 5 nitrogen and oxygen atoms in total. The van der Waals surface area contributed by atoms with Crippen molar-refractivity contribution in [2.45, 2.75) is 38.3 Å². The predicted octanol–water partition coefficient (Wildman–Crippen LogP) is 1.46. The Morgan fingerprint density at radius 3 is 2.85 bits per heavy atom. The zero-order valence-corrected chi connectivity index (χ0v) is 12.7. The Hall–Kier alpha value is -1.07. The van der Waals surface area contributed by atoms with Gasteiger partial charge in [-0.05, 0) is 33.2 Å². The normalized spacial score (nSPS) is 26.4. The highest BCUT2D eigenvalue weighted by atomic mass is 16.5. The van der Waals surface area contributed by atoms with Crippen molar-refractivity contribution in [3.05, 3.63) is 12.2 Å². The monoisotopic (exact) mass is 281 g/mol. The Kier molecular flexibility index (Phi) is 5.43. The number of hydrogen-bond donors (Lipinski definition) is 1. The molecular weight excluding hydrogens is 254 g/mol. The van der Waals surface area contributed by atoms with Crippen LogP contribution >= 0.6 is 0 Å². The van der Waals surface area contributed by atoms with E-state index < -0.39 is 0 Å². The third-order valence-electron chi connectivity index (χ3n) is 4.31. The number of amides is 2. The summed E-state index contributed by atoms with van der Waals surface area (Å²) in [5.41, 5.74) is 1.00. The molecule has 1 N–H and O–H groups in total. The van der Waals surface area contributed by atoms with Gasteiger partial charge >= 0.3 is 6.03 Å². The van der Waals surface area contributed by atoms with Crippen molar-refractivity contribution in [2.75, 3.05) is 39.9 Å². The first kappa shape index (κ1) is 15.3.